The second-order valence-electron chi connectivity index (χ2n) is 4.91. The van der Waals surface area contributed by atoms with Gasteiger partial charge in [0.15, 0.2) is 0 Å². The molecule has 0 fully saturated rings. The van der Waals surface area contributed by atoms with E-state index < -0.39 is 5.54 Å². The van der Waals surface area contributed by atoms with E-state index in [2.05, 4.69) is 5.32 Å². The molecule has 0 aliphatic rings. The number of hydrogen-bond acceptors (Lipinski definition) is 2. The maximum atomic E-state index is 12.3. The van der Waals surface area contributed by atoms with Gasteiger partial charge in [-0.25, -0.2) is 0 Å². The average Bonchev–Trinajstić information content (AvgIpc) is 2.31. The number of halogens is 1. The quantitative estimate of drug-likeness (QED) is 0.891. The third-order valence-corrected chi connectivity index (χ3v) is 3.23. The number of hydrogen-bond donors (Lipinski definition) is 1. The van der Waals surface area contributed by atoms with Crippen LogP contribution in [0.3, 0.4) is 0 Å². The maximum Gasteiger partial charge on any atom is 0.242 e. The molecular formula is C14H21ClN2O. The maximum absolute atomic E-state index is 12.3. The Kier molecular flexibility index (Phi) is 5.17. The second-order valence-corrected chi connectivity index (χ2v) is 5.32. The molecule has 0 heterocycles. The van der Waals surface area contributed by atoms with E-state index >= 15 is 0 Å². The number of nitrogens with zero attached hydrogens (tertiary/aromatic N) is 1. The fourth-order valence-electron chi connectivity index (χ4n) is 1.95. The Labute approximate surface area is 114 Å². The van der Waals surface area contributed by atoms with Crippen molar-refractivity contribution in [1.82, 2.24) is 10.2 Å². The molecule has 0 atom stereocenters. The van der Waals surface area contributed by atoms with Gasteiger partial charge >= 0.3 is 0 Å². The molecule has 0 unspecified atom stereocenters. The number of nitrogens with one attached hydrogen (secondary N) is 1. The average molecular weight is 269 g/mol. The van der Waals surface area contributed by atoms with Gasteiger partial charge in [-0.2, -0.15) is 0 Å². The van der Waals surface area contributed by atoms with E-state index in [0.717, 1.165) is 12.1 Å². The lowest BCUT2D eigenvalue weighted by Gasteiger charge is -2.30. The number of benzene rings is 1. The third-order valence-electron chi connectivity index (χ3n) is 2.87. The van der Waals surface area contributed by atoms with Gasteiger partial charge in [-0.05, 0) is 32.0 Å². The summed E-state index contributed by atoms with van der Waals surface area (Å²) in [7, 11) is 1.80. The summed E-state index contributed by atoms with van der Waals surface area (Å²) in [6.45, 7) is 7.05. The highest BCUT2D eigenvalue weighted by Crippen LogP contribution is 2.18. The smallest absolute Gasteiger partial charge is 0.242 e. The topological polar surface area (TPSA) is 32.3 Å². The fraction of sp³-hybridized carbons (Fsp3) is 0.500. The molecule has 0 bridgehead atoms. The highest BCUT2D eigenvalue weighted by molar-refractivity contribution is 6.31. The van der Waals surface area contributed by atoms with Gasteiger partial charge in [0, 0.05) is 18.6 Å². The van der Waals surface area contributed by atoms with E-state index in [1.807, 2.05) is 45.0 Å². The van der Waals surface area contributed by atoms with Crippen molar-refractivity contribution in [2.75, 3.05) is 13.6 Å². The normalized spacial score (nSPS) is 11.4. The molecule has 1 N–H and O–H groups in total. The molecule has 100 valence electrons. The summed E-state index contributed by atoms with van der Waals surface area (Å²) in [6.07, 6.45) is 0. The molecule has 0 spiro atoms. The van der Waals surface area contributed by atoms with Crippen LogP contribution in [-0.2, 0) is 11.3 Å². The highest BCUT2D eigenvalue weighted by atomic mass is 35.5. The third kappa shape index (κ3) is 3.72. The largest absolute Gasteiger partial charge is 0.340 e. The van der Waals surface area contributed by atoms with E-state index in [1.165, 1.54) is 0 Å². The van der Waals surface area contributed by atoms with Crippen LogP contribution in [0.1, 0.15) is 26.3 Å². The van der Waals surface area contributed by atoms with Crippen molar-refractivity contribution in [2.45, 2.75) is 32.9 Å². The minimum absolute atomic E-state index is 0.0595. The number of amides is 1. The van der Waals surface area contributed by atoms with Crippen molar-refractivity contribution < 1.29 is 4.79 Å². The summed E-state index contributed by atoms with van der Waals surface area (Å²) in [4.78, 5) is 14.0. The van der Waals surface area contributed by atoms with Crippen LogP contribution in [0, 0.1) is 0 Å². The first-order valence-electron chi connectivity index (χ1n) is 6.12. The SMILES string of the molecule is CCNC(C)(C)C(=O)N(C)Cc1ccccc1Cl. The molecule has 0 aliphatic heterocycles. The van der Waals surface area contributed by atoms with Crippen LogP contribution in [0.15, 0.2) is 24.3 Å². The Morgan fingerprint density at radius 3 is 2.56 bits per heavy atom. The van der Waals surface area contributed by atoms with Crippen molar-refractivity contribution >= 4 is 17.5 Å². The number of rotatable bonds is 5. The van der Waals surface area contributed by atoms with E-state index in [4.69, 9.17) is 11.6 Å². The van der Waals surface area contributed by atoms with E-state index in [-0.39, 0.29) is 5.91 Å². The van der Waals surface area contributed by atoms with Crippen LogP contribution in [0.5, 0.6) is 0 Å². The lowest BCUT2D eigenvalue weighted by atomic mass is 10.0. The number of carbonyl (C=O) groups is 1. The van der Waals surface area contributed by atoms with Crippen molar-refractivity contribution in [3.05, 3.63) is 34.9 Å². The van der Waals surface area contributed by atoms with Crippen molar-refractivity contribution in [2.24, 2.45) is 0 Å². The molecule has 0 radical (unpaired) electrons. The van der Waals surface area contributed by atoms with Gasteiger partial charge in [0.25, 0.3) is 0 Å². The first-order valence-corrected chi connectivity index (χ1v) is 6.50. The lowest BCUT2D eigenvalue weighted by Crippen LogP contribution is -2.52. The Morgan fingerprint density at radius 2 is 2.00 bits per heavy atom. The molecule has 3 nitrogen and oxygen atoms in total. The molecule has 4 heteroatoms. The number of likely N-dealkylation sites (N-methyl/N-ethyl adjacent to an activating group) is 2. The molecule has 0 aromatic heterocycles. The van der Waals surface area contributed by atoms with Crippen LogP contribution in [0.2, 0.25) is 5.02 Å². The first kappa shape index (κ1) is 15.0. The lowest BCUT2D eigenvalue weighted by molar-refractivity contribution is -0.136. The predicted molar refractivity (Wildman–Crippen MR) is 75.7 cm³/mol. The van der Waals surface area contributed by atoms with Crippen LogP contribution >= 0.6 is 11.6 Å². The van der Waals surface area contributed by atoms with Gasteiger partial charge in [0.1, 0.15) is 0 Å². The van der Waals surface area contributed by atoms with Crippen molar-refractivity contribution in [3.8, 4) is 0 Å². The monoisotopic (exact) mass is 268 g/mol. The summed E-state index contributed by atoms with van der Waals surface area (Å²) in [6, 6.07) is 7.59. The highest BCUT2D eigenvalue weighted by Gasteiger charge is 2.29. The van der Waals surface area contributed by atoms with Gasteiger partial charge in [-0.3, -0.25) is 4.79 Å². The summed E-state index contributed by atoms with van der Waals surface area (Å²) in [5, 5.41) is 3.87. The fourth-order valence-corrected chi connectivity index (χ4v) is 2.14. The molecule has 1 amide bonds. The van der Waals surface area contributed by atoms with Gasteiger partial charge < -0.3 is 10.2 Å². The Balaban J connectivity index is 2.74. The van der Waals surface area contributed by atoms with E-state index in [0.29, 0.717) is 11.6 Å². The summed E-state index contributed by atoms with van der Waals surface area (Å²) >= 11 is 6.09. The molecular weight excluding hydrogens is 248 g/mol. The molecule has 0 saturated heterocycles. The van der Waals surface area contributed by atoms with Crippen LogP contribution < -0.4 is 5.32 Å². The first-order chi connectivity index (χ1) is 8.38. The standard InChI is InChI=1S/C14H21ClN2O/c1-5-16-14(2,3)13(18)17(4)10-11-8-6-7-9-12(11)15/h6-9,16H,5,10H2,1-4H3. The van der Waals surface area contributed by atoms with Crippen LogP contribution in [-0.4, -0.2) is 29.9 Å². The van der Waals surface area contributed by atoms with Crippen LogP contribution in [0.4, 0.5) is 0 Å². The van der Waals surface area contributed by atoms with Gasteiger partial charge in [0.05, 0.1) is 5.54 Å². The summed E-state index contributed by atoms with van der Waals surface area (Å²) < 4.78 is 0. The minimum atomic E-state index is -0.551. The zero-order valence-electron chi connectivity index (χ0n) is 11.5. The summed E-state index contributed by atoms with van der Waals surface area (Å²) in [5.41, 5.74) is 0.410. The van der Waals surface area contributed by atoms with Gasteiger partial charge in [0.2, 0.25) is 5.91 Å². The zero-order chi connectivity index (χ0) is 13.8. The molecule has 0 saturated carbocycles. The molecule has 18 heavy (non-hydrogen) atoms. The molecule has 1 rings (SSSR count). The Bertz CT molecular complexity index is 418. The van der Waals surface area contributed by atoms with Crippen LogP contribution in [0.25, 0.3) is 0 Å². The van der Waals surface area contributed by atoms with Gasteiger partial charge in [-0.1, -0.05) is 36.7 Å². The second kappa shape index (κ2) is 6.21. The Hall–Kier alpha value is -1.06. The van der Waals surface area contributed by atoms with Crippen molar-refractivity contribution in [3.63, 3.8) is 0 Å². The number of carbonyl (C=O) groups excluding carboxylic acids is 1. The van der Waals surface area contributed by atoms with Gasteiger partial charge in [-0.15, -0.1) is 0 Å². The Morgan fingerprint density at radius 1 is 1.39 bits per heavy atom. The molecule has 0 aliphatic carbocycles. The zero-order valence-corrected chi connectivity index (χ0v) is 12.2. The predicted octanol–water partition coefficient (Wildman–Crippen LogP) is 2.69. The van der Waals surface area contributed by atoms with E-state index in [9.17, 15) is 4.79 Å². The molecule has 1 aromatic carbocycles. The minimum Gasteiger partial charge on any atom is -0.340 e. The molecule has 1 aromatic rings. The summed E-state index contributed by atoms with van der Waals surface area (Å²) in [5.74, 6) is 0.0595. The van der Waals surface area contributed by atoms with E-state index in [1.54, 1.807) is 11.9 Å². The van der Waals surface area contributed by atoms with Crippen molar-refractivity contribution in [1.29, 1.82) is 0 Å².